The van der Waals surface area contributed by atoms with Crippen LogP contribution < -0.4 is 14.0 Å². The van der Waals surface area contributed by atoms with Gasteiger partial charge in [0.25, 0.3) is 0 Å². The summed E-state index contributed by atoms with van der Waals surface area (Å²) in [7, 11) is -1.04. The third kappa shape index (κ3) is 13.3. The predicted octanol–water partition coefficient (Wildman–Crippen LogP) is 19.8. The second-order valence-corrected chi connectivity index (χ2v) is 20.5. The number of hydrogen-bond acceptors (Lipinski definition) is 3. The summed E-state index contributed by atoms with van der Waals surface area (Å²) in [4.78, 5) is 0. The van der Waals surface area contributed by atoms with Crippen molar-refractivity contribution in [3.05, 3.63) is 123 Å². The van der Waals surface area contributed by atoms with Gasteiger partial charge in [-0.1, -0.05) is 193 Å². The second kappa shape index (κ2) is 29.2. The summed E-state index contributed by atoms with van der Waals surface area (Å²) in [6.45, 7) is 21.0. The van der Waals surface area contributed by atoms with Crippen molar-refractivity contribution in [2.45, 2.75) is 236 Å². The Bertz CT molecular complexity index is 2260. The molecule has 0 radical (unpaired) electrons. The molecular weight excluding hydrogens is 852 g/mol. The largest absolute Gasteiger partial charge is 0.864 e. The van der Waals surface area contributed by atoms with Crippen molar-refractivity contribution >= 4 is 39.6 Å². The van der Waals surface area contributed by atoms with Crippen molar-refractivity contribution in [1.82, 2.24) is 0 Å². The summed E-state index contributed by atoms with van der Waals surface area (Å²) < 4.78 is 23.5. The van der Waals surface area contributed by atoms with E-state index in [4.69, 9.17) is 14.0 Å². The van der Waals surface area contributed by atoms with Crippen LogP contribution in [0.2, 0.25) is 0 Å². The van der Waals surface area contributed by atoms with Gasteiger partial charge in [-0.05, 0) is 182 Å². The summed E-state index contributed by atoms with van der Waals surface area (Å²) >= 11 is 0. The quantitative estimate of drug-likeness (QED) is 0.0385. The Morgan fingerprint density at radius 3 is 0.643 bits per heavy atom. The number of benzene rings is 6. The molecule has 0 N–H and O–H groups in total. The van der Waals surface area contributed by atoms with Crippen LogP contribution in [-0.4, -0.2) is 7.32 Å². The summed E-state index contributed by atoms with van der Waals surface area (Å²) in [5.74, 6) is 2.86. The lowest BCUT2D eigenvalue weighted by Crippen LogP contribution is -2.38. The van der Waals surface area contributed by atoms with Crippen LogP contribution in [0.4, 0.5) is 0 Å². The number of fused-ring (bicyclic) bond motifs is 3. The molecule has 0 fully saturated rings. The highest BCUT2D eigenvalue weighted by Gasteiger charge is 2.37. The van der Waals surface area contributed by atoms with Gasteiger partial charge in [0.2, 0.25) is 0 Å². The first-order valence-corrected chi connectivity index (χ1v) is 29.1. The van der Waals surface area contributed by atoms with E-state index in [1.807, 2.05) is 0 Å². The summed E-state index contributed by atoms with van der Waals surface area (Å²) in [5, 5.41) is 7.51. The van der Waals surface area contributed by atoms with Crippen LogP contribution in [-0.2, 0) is 57.8 Å². The fourth-order valence-corrected chi connectivity index (χ4v) is 11.3. The molecule has 0 saturated heterocycles. The van der Waals surface area contributed by atoms with Crippen molar-refractivity contribution in [3.8, 4) is 17.2 Å². The molecular formula is C66H93BO3. The second-order valence-electron chi connectivity index (χ2n) is 20.5. The van der Waals surface area contributed by atoms with Crippen molar-refractivity contribution in [3.63, 3.8) is 0 Å². The maximum absolute atomic E-state index is 7.85. The van der Waals surface area contributed by atoms with E-state index < -0.39 is 7.32 Å². The molecule has 0 aromatic heterocycles. The van der Waals surface area contributed by atoms with Crippen LogP contribution >= 0.6 is 0 Å². The van der Waals surface area contributed by atoms with Gasteiger partial charge in [0.05, 0.1) is 0 Å². The minimum Gasteiger partial charge on any atom is -0.489 e. The monoisotopic (exact) mass is 945 g/mol. The Balaban J connectivity index is 1.73. The van der Waals surface area contributed by atoms with Gasteiger partial charge in [-0.3, -0.25) is 0 Å². The van der Waals surface area contributed by atoms with E-state index in [1.54, 1.807) is 0 Å². The van der Waals surface area contributed by atoms with E-state index in [2.05, 4.69) is 135 Å². The minimum absolute atomic E-state index is 0.954. The highest BCUT2D eigenvalue weighted by Crippen LogP contribution is 2.45. The van der Waals surface area contributed by atoms with Crippen molar-refractivity contribution in [2.24, 2.45) is 0 Å². The SMILES string of the molecule is CCCCc1c(CCCC)c(OB(Oc2c(CCCC)c(CCCC)c(CCCC)c3ccccc23)Oc2c(CCCC)c(CCCC)c(CCCC)c3ccccc23)c2ccccc2c1CCCC. The van der Waals surface area contributed by atoms with Crippen LogP contribution in [0.25, 0.3) is 32.3 Å². The highest BCUT2D eigenvalue weighted by atomic mass is 16.7. The average molecular weight is 945 g/mol. The minimum atomic E-state index is -1.04. The zero-order chi connectivity index (χ0) is 49.7. The Kier molecular flexibility index (Phi) is 22.9. The van der Waals surface area contributed by atoms with Gasteiger partial charge in [0.15, 0.2) is 0 Å². The standard InChI is InChI=1S/C66H93BO3/c1-10-19-34-49-52(37-22-13-4)58(40-25-16-7)64(61-46-31-28-43-55(49)61)68-67(69-65-59(41-26-17-8)53(38-23-14-5)50(35-20-11-2)56-44-29-32-47-62(56)65)70-66-60(42-27-18-9)54(39-24-15-6)51(36-21-12-3)57-45-30-33-48-63(57)66/h28-33,43-48H,10-27,34-42H2,1-9H3. The molecule has 0 spiro atoms. The van der Waals surface area contributed by atoms with E-state index in [1.165, 1.54) is 121 Å². The van der Waals surface area contributed by atoms with E-state index in [0.717, 1.165) is 152 Å². The number of unbranched alkanes of at least 4 members (excludes halogenated alkanes) is 9. The molecule has 0 bridgehead atoms. The fourth-order valence-electron chi connectivity index (χ4n) is 11.3. The number of rotatable bonds is 33. The van der Waals surface area contributed by atoms with Gasteiger partial charge >= 0.3 is 7.32 Å². The summed E-state index contributed by atoms with van der Waals surface area (Å²) in [6, 6.07) is 27.4. The third-order valence-electron chi connectivity index (χ3n) is 15.2. The molecule has 3 nitrogen and oxygen atoms in total. The van der Waals surface area contributed by atoms with E-state index >= 15 is 0 Å². The van der Waals surface area contributed by atoms with Crippen LogP contribution in [0.1, 0.15) is 228 Å². The molecule has 4 heteroatoms. The first-order valence-electron chi connectivity index (χ1n) is 29.1. The lowest BCUT2D eigenvalue weighted by Gasteiger charge is -2.29. The fraction of sp³-hybridized carbons (Fsp3) is 0.545. The lowest BCUT2D eigenvalue weighted by molar-refractivity contribution is 0.307. The van der Waals surface area contributed by atoms with Crippen molar-refractivity contribution in [1.29, 1.82) is 0 Å². The van der Waals surface area contributed by atoms with Crippen molar-refractivity contribution in [2.75, 3.05) is 0 Å². The molecule has 0 aliphatic heterocycles. The Morgan fingerprint density at radius 1 is 0.243 bits per heavy atom. The lowest BCUT2D eigenvalue weighted by atomic mass is 9.85. The Labute approximate surface area is 427 Å². The summed E-state index contributed by atoms with van der Waals surface area (Å²) in [6.07, 6.45) is 30.0. The zero-order valence-electron chi connectivity index (χ0n) is 45.8. The third-order valence-corrected chi connectivity index (χ3v) is 15.2. The highest BCUT2D eigenvalue weighted by molar-refractivity contribution is 6.40. The van der Waals surface area contributed by atoms with Crippen LogP contribution in [0, 0.1) is 0 Å². The topological polar surface area (TPSA) is 27.7 Å². The van der Waals surface area contributed by atoms with E-state index in [-0.39, 0.29) is 0 Å². The zero-order valence-corrected chi connectivity index (χ0v) is 45.8. The van der Waals surface area contributed by atoms with Gasteiger partial charge in [-0.15, -0.1) is 0 Å². The van der Waals surface area contributed by atoms with Crippen LogP contribution in [0.5, 0.6) is 17.2 Å². The summed E-state index contributed by atoms with van der Waals surface area (Å²) in [5.41, 5.74) is 13.2. The predicted molar refractivity (Wildman–Crippen MR) is 307 cm³/mol. The molecule has 378 valence electrons. The molecule has 0 unspecified atom stereocenters. The van der Waals surface area contributed by atoms with Gasteiger partial charge in [-0.2, -0.15) is 0 Å². The smallest absolute Gasteiger partial charge is 0.489 e. The van der Waals surface area contributed by atoms with Gasteiger partial charge < -0.3 is 14.0 Å². The van der Waals surface area contributed by atoms with Crippen LogP contribution in [0.3, 0.4) is 0 Å². The van der Waals surface area contributed by atoms with Gasteiger partial charge in [-0.25, -0.2) is 0 Å². The molecule has 0 saturated carbocycles. The molecule has 6 aromatic rings. The van der Waals surface area contributed by atoms with Gasteiger partial charge in [0.1, 0.15) is 17.2 Å². The van der Waals surface area contributed by atoms with E-state index in [9.17, 15) is 0 Å². The molecule has 70 heavy (non-hydrogen) atoms. The molecule has 6 aromatic carbocycles. The molecule has 0 atom stereocenters. The number of aryl methyl sites for hydroxylation is 3. The molecule has 0 amide bonds. The molecule has 0 aliphatic rings. The first kappa shape index (κ1) is 54.9. The Morgan fingerprint density at radius 2 is 0.429 bits per heavy atom. The molecule has 0 heterocycles. The van der Waals surface area contributed by atoms with E-state index in [0.29, 0.717) is 0 Å². The van der Waals surface area contributed by atoms with Crippen LogP contribution in [0.15, 0.2) is 72.8 Å². The average Bonchev–Trinajstić information content (AvgIpc) is 3.39. The maximum atomic E-state index is 7.85. The first-order chi connectivity index (χ1) is 34.4. The van der Waals surface area contributed by atoms with Crippen molar-refractivity contribution < 1.29 is 14.0 Å². The molecule has 6 rings (SSSR count). The Hall–Kier alpha value is -4.44. The van der Waals surface area contributed by atoms with Gasteiger partial charge in [0, 0.05) is 16.2 Å². The number of hydrogen-bond donors (Lipinski definition) is 0. The molecule has 0 aliphatic carbocycles. The maximum Gasteiger partial charge on any atom is 0.864 e. The normalized spacial score (nSPS) is 11.6.